The SMILES string of the molecule is COc1ccc(NC(=O)C2CCS(=O)(=O)CC2)cc1OC. The summed E-state index contributed by atoms with van der Waals surface area (Å²) in [4.78, 5) is 12.2. The Bertz CT molecular complexity index is 612. The highest BCUT2D eigenvalue weighted by atomic mass is 32.2. The van der Waals surface area contributed by atoms with Crippen molar-refractivity contribution in [2.45, 2.75) is 12.8 Å². The number of carbonyl (C=O) groups is 1. The van der Waals surface area contributed by atoms with Gasteiger partial charge in [-0.3, -0.25) is 4.79 Å². The highest BCUT2D eigenvalue weighted by molar-refractivity contribution is 7.91. The average molecular weight is 313 g/mol. The lowest BCUT2D eigenvalue weighted by Gasteiger charge is -2.21. The summed E-state index contributed by atoms with van der Waals surface area (Å²) >= 11 is 0. The molecule has 0 aromatic heterocycles. The van der Waals surface area contributed by atoms with E-state index in [-0.39, 0.29) is 23.3 Å². The summed E-state index contributed by atoms with van der Waals surface area (Å²) in [5.41, 5.74) is 0.603. The van der Waals surface area contributed by atoms with E-state index in [0.29, 0.717) is 30.0 Å². The Balaban J connectivity index is 2.03. The first kappa shape index (κ1) is 15.6. The van der Waals surface area contributed by atoms with E-state index < -0.39 is 9.84 Å². The maximum absolute atomic E-state index is 12.2. The molecule has 21 heavy (non-hydrogen) atoms. The molecule has 1 N–H and O–H groups in total. The first-order valence-corrected chi connectivity index (χ1v) is 8.50. The molecule has 1 aromatic rings. The minimum Gasteiger partial charge on any atom is -0.493 e. The third-order valence-electron chi connectivity index (χ3n) is 3.58. The van der Waals surface area contributed by atoms with E-state index in [9.17, 15) is 13.2 Å². The zero-order valence-corrected chi connectivity index (χ0v) is 12.9. The normalized spacial score (nSPS) is 18.0. The molecule has 0 atom stereocenters. The number of sulfone groups is 1. The van der Waals surface area contributed by atoms with Crippen molar-refractivity contribution in [3.63, 3.8) is 0 Å². The van der Waals surface area contributed by atoms with E-state index in [2.05, 4.69) is 5.32 Å². The van der Waals surface area contributed by atoms with E-state index in [4.69, 9.17) is 9.47 Å². The van der Waals surface area contributed by atoms with Gasteiger partial charge in [0, 0.05) is 17.7 Å². The molecule has 1 aromatic carbocycles. The van der Waals surface area contributed by atoms with Crippen LogP contribution in [0, 0.1) is 5.92 Å². The minimum atomic E-state index is -2.96. The Labute approximate surface area is 124 Å². The van der Waals surface area contributed by atoms with Crippen LogP contribution in [0.2, 0.25) is 0 Å². The molecular formula is C14H19NO5S. The van der Waals surface area contributed by atoms with Crippen LogP contribution >= 0.6 is 0 Å². The fourth-order valence-electron chi connectivity index (χ4n) is 2.31. The number of anilines is 1. The fraction of sp³-hybridized carbons (Fsp3) is 0.500. The Morgan fingerprint density at radius 3 is 2.33 bits per heavy atom. The van der Waals surface area contributed by atoms with E-state index in [1.807, 2.05) is 0 Å². The number of methoxy groups -OCH3 is 2. The predicted octanol–water partition coefficient (Wildman–Crippen LogP) is 1.47. The predicted molar refractivity (Wildman–Crippen MR) is 79.6 cm³/mol. The van der Waals surface area contributed by atoms with Crippen molar-refractivity contribution >= 4 is 21.4 Å². The van der Waals surface area contributed by atoms with E-state index in [1.165, 1.54) is 7.11 Å². The molecule has 0 aliphatic carbocycles. The Hall–Kier alpha value is -1.76. The van der Waals surface area contributed by atoms with E-state index >= 15 is 0 Å². The van der Waals surface area contributed by atoms with Crippen LogP contribution in [0.5, 0.6) is 11.5 Å². The average Bonchev–Trinajstić information content (AvgIpc) is 2.46. The van der Waals surface area contributed by atoms with Crippen LogP contribution in [-0.4, -0.2) is 40.1 Å². The van der Waals surface area contributed by atoms with Gasteiger partial charge in [-0.15, -0.1) is 0 Å². The number of benzene rings is 1. The number of hydrogen-bond donors (Lipinski definition) is 1. The monoisotopic (exact) mass is 313 g/mol. The summed E-state index contributed by atoms with van der Waals surface area (Å²) in [7, 11) is 0.105. The number of amides is 1. The van der Waals surface area contributed by atoms with Crippen LogP contribution in [0.15, 0.2) is 18.2 Å². The lowest BCUT2D eigenvalue weighted by atomic mass is 10.0. The molecule has 0 bridgehead atoms. The van der Waals surface area contributed by atoms with Crippen molar-refractivity contribution < 1.29 is 22.7 Å². The molecule has 116 valence electrons. The van der Waals surface area contributed by atoms with Crippen LogP contribution < -0.4 is 14.8 Å². The lowest BCUT2D eigenvalue weighted by Crippen LogP contribution is -2.31. The first-order chi connectivity index (χ1) is 9.95. The summed E-state index contributed by atoms with van der Waals surface area (Å²) in [6.45, 7) is 0. The zero-order chi connectivity index (χ0) is 15.5. The summed E-state index contributed by atoms with van der Waals surface area (Å²) < 4.78 is 33.0. The van der Waals surface area contributed by atoms with Crippen molar-refractivity contribution in [3.05, 3.63) is 18.2 Å². The molecule has 1 aliphatic rings. The van der Waals surface area contributed by atoms with Crippen molar-refractivity contribution in [2.75, 3.05) is 31.0 Å². The van der Waals surface area contributed by atoms with Crippen molar-refractivity contribution in [2.24, 2.45) is 5.92 Å². The quantitative estimate of drug-likeness (QED) is 0.910. The maximum Gasteiger partial charge on any atom is 0.227 e. The molecule has 1 heterocycles. The van der Waals surface area contributed by atoms with Gasteiger partial charge in [0.2, 0.25) is 5.91 Å². The fourth-order valence-corrected chi connectivity index (χ4v) is 3.80. The Morgan fingerprint density at radius 1 is 1.14 bits per heavy atom. The molecule has 1 fully saturated rings. The van der Waals surface area contributed by atoms with Crippen LogP contribution in [-0.2, 0) is 14.6 Å². The second kappa shape index (κ2) is 6.34. The molecule has 0 spiro atoms. The molecule has 6 nitrogen and oxygen atoms in total. The van der Waals surface area contributed by atoms with Crippen molar-refractivity contribution in [3.8, 4) is 11.5 Å². The third-order valence-corrected chi connectivity index (χ3v) is 5.29. The van der Waals surface area contributed by atoms with Crippen molar-refractivity contribution in [1.29, 1.82) is 0 Å². The molecule has 0 saturated carbocycles. The topological polar surface area (TPSA) is 81.7 Å². The summed E-state index contributed by atoms with van der Waals surface area (Å²) in [5.74, 6) is 0.855. The van der Waals surface area contributed by atoms with Gasteiger partial charge in [0.1, 0.15) is 9.84 Å². The van der Waals surface area contributed by atoms with Crippen LogP contribution in [0.1, 0.15) is 12.8 Å². The lowest BCUT2D eigenvalue weighted by molar-refractivity contribution is -0.120. The van der Waals surface area contributed by atoms with Crippen molar-refractivity contribution in [1.82, 2.24) is 0 Å². The second-order valence-electron chi connectivity index (χ2n) is 4.99. The molecule has 7 heteroatoms. The third kappa shape index (κ3) is 3.87. The van der Waals surface area contributed by atoms with Crippen LogP contribution in [0.4, 0.5) is 5.69 Å². The molecular weight excluding hydrogens is 294 g/mol. The molecule has 1 aliphatic heterocycles. The van der Waals surface area contributed by atoms with Crippen LogP contribution in [0.3, 0.4) is 0 Å². The highest BCUT2D eigenvalue weighted by Crippen LogP contribution is 2.30. The number of nitrogens with one attached hydrogen (secondary N) is 1. The number of ether oxygens (including phenoxy) is 2. The maximum atomic E-state index is 12.2. The van der Waals surface area contributed by atoms with Crippen LogP contribution in [0.25, 0.3) is 0 Å². The summed E-state index contributed by atoms with van der Waals surface area (Å²) in [6.07, 6.45) is 0.753. The second-order valence-corrected chi connectivity index (χ2v) is 7.29. The Kier molecular flexibility index (Phi) is 4.72. The molecule has 0 radical (unpaired) electrons. The van der Waals surface area contributed by atoms with Gasteiger partial charge in [-0.2, -0.15) is 0 Å². The Morgan fingerprint density at radius 2 is 1.76 bits per heavy atom. The van der Waals surface area contributed by atoms with Gasteiger partial charge in [-0.25, -0.2) is 8.42 Å². The number of rotatable bonds is 4. The van der Waals surface area contributed by atoms with Gasteiger partial charge < -0.3 is 14.8 Å². The molecule has 2 rings (SSSR count). The summed E-state index contributed by atoms with van der Waals surface area (Å²) in [6, 6.07) is 5.11. The van der Waals surface area contributed by atoms with E-state index in [0.717, 1.165) is 0 Å². The standard InChI is InChI=1S/C14H19NO5S/c1-19-12-4-3-11(9-13(12)20-2)15-14(16)10-5-7-21(17,18)8-6-10/h3-4,9-10H,5-8H2,1-2H3,(H,15,16). The smallest absolute Gasteiger partial charge is 0.227 e. The molecule has 1 amide bonds. The largest absolute Gasteiger partial charge is 0.493 e. The van der Waals surface area contributed by atoms with Gasteiger partial charge in [-0.05, 0) is 25.0 Å². The highest BCUT2D eigenvalue weighted by Gasteiger charge is 2.28. The number of hydrogen-bond acceptors (Lipinski definition) is 5. The van der Waals surface area contributed by atoms with Gasteiger partial charge in [0.15, 0.2) is 11.5 Å². The minimum absolute atomic E-state index is 0.0804. The molecule has 1 saturated heterocycles. The zero-order valence-electron chi connectivity index (χ0n) is 12.1. The number of carbonyl (C=O) groups excluding carboxylic acids is 1. The molecule has 0 unspecified atom stereocenters. The van der Waals surface area contributed by atoms with Gasteiger partial charge in [0.25, 0.3) is 0 Å². The summed E-state index contributed by atoms with van der Waals surface area (Å²) in [5, 5.41) is 2.80. The van der Waals surface area contributed by atoms with E-state index in [1.54, 1.807) is 25.3 Å². The first-order valence-electron chi connectivity index (χ1n) is 6.68. The van der Waals surface area contributed by atoms with Gasteiger partial charge >= 0.3 is 0 Å². The van der Waals surface area contributed by atoms with Gasteiger partial charge in [-0.1, -0.05) is 0 Å². The van der Waals surface area contributed by atoms with Gasteiger partial charge in [0.05, 0.1) is 25.7 Å².